The molecule has 1 unspecified atom stereocenters. The zero-order valence-corrected chi connectivity index (χ0v) is 10.9. The minimum Gasteiger partial charge on any atom is -0.310 e. The quantitative estimate of drug-likeness (QED) is 0.536. The Hall–Kier alpha value is -1.22. The van der Waals surface area contributed by atoms with Gasteiger partial charge in [-0.2, -0.15) is 0 Å². The van der Waals surface area contributed by atoms with Gasteiger partial charge in [0.25, 0.3) is 0 Å². The molecule has 1 N–H and O–H groups in total. The molecular weight excluding hydrogens is 232 g/mol. The molecular formula is C15H21F2N. The molecule has 0 spiro atoms. The van der Waals surface area contributed by atoms with Crippen molar-refractivity contribution in [2.75, 3.05) is 6.54 Å². The van der Waals surface area contributed by atoms with Gasteiger partial charge in [0, 0.05) is 6.04 Å². The molecule has 0 saturated heterocycles. The van der Waals surface area contributed by atoms with Crippen LogP contribution in [0.1, 0.15) is 44.2 Å². The molecule has 1 aromatic carbocycles. The molecule has 0 bridgehead atoms. The maximum atomic E-state index is 13.2. The summed E-state index contributed by atoms with van der Waals surface area (Å²) in [5.74, 6) is -1.57. The topological polar surface area (TPSA) is 12.0 Å². The molecule has 0 aliphatic carbocycles. The number of allylic oxidation sites excluding steroid dienone is 1. The second kappa shape index (κ2) is 7.98. The third kappa shape index (κ3) is 4.57. The van der Waals surface area contributed by atoms with Crippen LogP contribution in [0.4, 0.5) is 8.78 Å². The van der Waals surface area contributed by atoms with E-state index in [2.05, 4.69) is 18.8 Å². The van der Waals surface area contributed by atoms with E-state index in [0.717, 1.165) is 37.8 Å². The first-order valence-corrected chi connectivity index (χ1v) is 6.48. The normalized spacial score (nSPS) is 12.4. The average molecular weight is 253 g/mol. The van der Waals surface area contributed by atoms with Crippen LogP contribution in [0.25, 0.3) is 0 Å². The minimum atomic E-state index is -0.793. The van der Waals surface area contributed by atoms with Crippen LogP contribution in [0.3, 0.4) is 0 Å². The Morgan fingerprint density at radius 3 is 2.72 bits per heavy atom. The first-order chi connectivity index (χ1) is 8.69. The highest BCUT2D eigenvalue weighted by Crippen LogP contribution is 2.21. The van der Waals surface area contributed by atoms with Gasteiger partial charge in [-0.25, -0.2) is 8.78 Å². The fourth-order valence-corrected chi connectivity index (χ4v) is 1.90. The SMILES string of the molecule is C=CCCCC(NCCC)c1ccc(F)c(F)c1. The number of benzene rings is 1. The number of halogens is 2. The van der Waals surface area contributed by atoms with E-state index in [4.69, 9.17) is 0 Å². The van der Waals surface area contributed by atoms with Crippen molar-refractivity contribution < 1.29 is 8.78 Å². The smallest absolute Gasteiger partial charge is 0.159 e. The lowest BCUT2D eigenvalue weighted by Crippen LogP contribution is -2.22. The number of hydrogen-bond acceptors (Lipinski definition) is 1. The Kier molecular flexibility index (Phi) is 6.58. The molecule has 100 valence electrons. The van der Waals surface area contributed by atoms with Gasteiger partial charge in [0.15, 0.2) is 11.6 Å². The second-order valence-electron chi connectivity index (χ2n) is 4.40. The first kappa shape index (κ1) is 14.8. The monoisotopic (exact) mass is 253 g/mol. The van der Waals surface area contributed by atoms with Crippen molar-refractivity contribution in [3.8, 4) is 0 Å². The lowest BCUT2D eigenvalue weighted by atomic mass is 10.0. The summed E-state index contributed by atoms with van der Waals surface area (Å²) in [6.45, 7) is 6.64. The Morgan fingerprint density at radius 2 is 2.11 bits per heavy atom. The van der Waals surface area contributed by atoms with Gasteiger partial charge in [-0.1, -0.05) is 19.1 Å². The molecule has 0 aliphatic rings. The molecule has 0 amide bonds. The van der Waals surface area contributed by atoms with E-state index in [-0.39, 0.29) is 6.04 Å². The summed E-state index contributed by atoms with van der Waals surface area (Å²) < 4.78 is 26.1. The van der Waals surface area contributed by atoms with Crippen LogP contribution >= 0.6 is 0 Å². The van der Waals surface area contributed by atoms with E-state index >= 15 is 0 Å². The second-order valence-corrected chi connectivity index (χ2v) is 4.40. The van der Waals surface area contributed by atoms with Gasteiger partial charge in [-0.15, -0.1) is 6.58 Å². The highest BCUT2D eigenvalue weighted by atomic mass is 19.2. The molecule has 0 saturated carbocycles. The van der Waals surface area contributed by atoms with E-state index in [1.165, 1.54) is 12.1 Å². The number of unbranched alkanes of at least 4 members (excludes halogenated alkanes) is 1. The van der Waals surface area contributed by atoms with Gasteiger partial charge in [0.05, 0.1) is 0 Å². The molecule has 1 aromatic rings. The van der Waals surface area contributed by atoms with Crippen LogP contribution in [0.2, 0.25) is 0 Å². The van der Waals surface area contributed by atoms with Gasteiger partial charge in [0.2, 0.25) is 0 Å². The van der Waals surface area contributed by atoms with Crippen molar-refractivity contribution in [2.24, 2.45) is 0 Å². The predicted molar refractivity (Wildman–Crippen MR) is 71.4 cm³/mol. The summed E-state index contributed by atoms with van der Waals surface area (Å²) in [6, 6.07) is 4.22. The number of nitrogens with one attached hydrogen (secondary N) is 1. The van der Waals surface area contributed by atoms with Crippen LogP contribution in [-0.2, 0) is 0 Å². The van der Waals surface area contributed by atoms with Gasteiger partial charge in [-0.3, -0.25) is 0 Å². The molecule has 18 heavy (non-hydrogen) atoms. The lowest BCUT2D eigenvalue weighted by Gasteiger charge is -2.19. The zero-order chi connectivity index (χ0) is 13.4. The summed E-state index contributed by atoms with van der Waals surface area (Å²) in [5, 5.41) is 3.37. The van der Waals surface area contributed by atoms with Crippen molar-refractivity contribution in [1.82, 2.24) is 5.32 Å². The van der Waals surface area contributed by atoms with Crippen LogP contribution in [0, 0.1) is 11.6 Å². The molecule has 0 aromatic heterocycles. The van der Waals surface area contributed by atoms with Gasteiger partial charge >= 0.3 is 0 Å². The van der Waals surface area contributed by atoms with Crippen LogP contribution in [0.5, 0.6) is 0 Å². The molecule has 1 nitrogen and oxygen atoms in total. The molecule has 0 fully saturated rings. The summed E-state index contributed by atoms with van der Waals surface area (Å²) in [4.78, 5) is 0. The third-order valence-corrected chi connectivity index (χ3v) is 2.89. The third-order valence-electron chi connectivity index (χ3n) is 2.89. The van der Waals surface area contributed by atoms with E-state index in [1.54, 1.807) is 6.07 Å². The van der Waals surface area contributed by atoms with Crippen LogP contribution in [0.15, 0.2) is 30.9 Å². The Bertz CT molecular complexity index is 377. The number of rotatable bonds is 8. The van der Waals surface area contributed by atoms with E-state index in [0.29, 0.717) is 0 Å². The van der Waals surface area contributed by atoms with Crippen molar-refractivity contribution in [3.05, 3.63) is 48.1 Å². The van der Waals surface area contributed by atoms with Crippen molar-refractivity contribution in [1.29, 1.82) is 0 Å². The summed E-state index contributed by atoms with van der Waals surface area (Å²) in [6.07, 6.45) is 5.72. The minimum absolute atomic E-state index is 0.0833. The zero-order valence-electron chi connectivity index (χ0n) is 10.9. The van der Waals surface area contributed by atoms with E-state index < -0.39 is 11.6 Å². The fourth-order valence-electron chi connectivity index (χ4n) is 1.90. The standard InChI is InChI=1S/C15H21F2N/c1-3-5-6-7-15(18-10-4-2)12-8-9-13(16)14(17)11-12/h3,8-9,11,15,18H,1,4-7,10H2,2H3. The summed E-state index contributed by atoms with van der Waals surface area (Å²) in [5.41, 5.74) is 0.811. The van der Waals surface area contributed by atoms with E-state index in [9.17, 15) is 8.78 Å². The fraction of sp³-hybridized carbons (Fsp3) is 0.467. The molecule has 0 aliphatic heterocycles. The van der Waals surface area contributed by atoms with Crippen LogP contribution < -0.4 is 5.32 Å². The molecule has 1 atom stereocenters. The maximum Gasteiger partial charge on any atom is 0.159 e. The Labute approximate surface area is 108 Å². The van der Waals surface area contributed by atoms with Crippen LogP contribution in [-0.4, -0.2) is 6.54 Å². The summed E-state index contributed by atoms with van der Waals surface area (Å²) >= 11 is 0. The van der Waals surface area contributed by atoms with Crippen molar-refractivity contribution >= 4 is 0 Å². The summed E-state index contributed by atoms with van der Waals surface area (Å²) in [7, 11) is 0. The van der Waals surface area contributed by atoms with Gasteiger partial charge < -0.3 is 5.32 Å². The molecule has 3 heteroatoms. The highest BCUT2D eigenvalue weighted by Gasteiger charge is 2.12. The first-order valence-electron chi connectivity index (χ1n) is 6.48. The van der Waals surface area contributed by atoms with E-state index in [1.807, 2.05) is 6.08 Å². The van der Waals surface area contributed by atoms with Gasteiger partial charge in [0.1, 0.15) is 0 Å². The van der Waals surface area contributed by atoms with Crippen molar-refractivity contribution in [2.45, 2.75) is 38.6 Å². The van der Waals surface area contributed by atoms with Gasteiger partial charge in [-0.05, 0) is 49.9 Å². The predicted octanol–water partition coefficient (Wildman–Crippen LogP) is 4.36. The maximum absolute atomic E-state index is 13.2. The molecule has 0 heterocycles. The molecule has 0 radical (unpaired) electrons. The average Bonchev–Trinajstić information content (AvgIpc) is 2.37. The van der Waals surface area contributed by atoms with Crippen molar-refractivity contribution in [3.63, 3.8) is 0 Å². The number of hydrogen-bond donors (Lipinski definition) is 1. The largest absolute Gasteiger partial charge is 0.310 e. The lowest BCUT2D eigenvalue weighted by molar-refractivity contribution is 0.472. The Morgan fingerprint density at radius 1 is 1.33 bits per heavy atom. The Balaban J connectivity index is 2.72. The highest BCUT2D eigenvalue weighted by molar-refractivity contribution is 5.21. The molecule has 1 rings (SSSR count).